The van der Waals surface area contributed by atoms with Gasteiger partial charge in [-0.1, -0.05) is 18.2 Å². The average molecular weight is 308 g/mol. The molecule has 0 aliphatic rings. The van der Waals surface area contributed by atoms with Crippen LogP contribution in [0.25, 0.3) is 6.08 Å². The van der Waals surface area contributed by atoms with E-state index in [9.17, 15) is 14.9 Å². The molecule has 0 saturated carbocycles. The molecular formula is C15H20N2O5. The van der Waals surface area contributed by atoms with Crippen LogP contribution in [0.4, 0.5) is 10.5 Å². The van der Waals surface area contributed by atoms with Gasteiger partial charge in [0.25, 0.3) is 0 Å². The fourth-order valence-corrected chi connectivity index (χ4v) is 1.60. The number of methoxy groups -OCH3 is 1. The highest BCUT2D eigenvalue weighted by Crippen LogP contribution is 2.27. The first-order valence-electron chi connectivity index (χ1n) is 6.69. The van der Waals surface area contributed by atoms with E-state index in [2.05, 4.69) is 5.32 Å². The summed E-state index contributed by atoms with van der Waals surface area (Å²) in [6.45, 7) is 5.59. The minimum absolute atomic E-state index is 0.107. The molecule has 0 aliphatic heterocycles. The topological polar surface area (TPSA) is 90.7 Å². The highest BCUT2D eigenvalue weighted by Gasteiger charge is 2.15. The van der Waals surface area contributed by atoms with E-state index in [0.717, 1.165) is 0 Å². The van der Waals surface area contributed by atoms with Gasteiger partial charge in [0.1, 0.15) is 5.60 Å². The third kappa shape index (κ3) is 5.82. The maximum atomic E-state index is 11.4. The molecule has 0 heterocycles. The van der Waals surface area contributed by atoms with E-state index in [1.54, 1.807) is 39.0 Å². The molecule has 0 aromatic heterocycles. The summed E-state index contributed by atoms with van der Waals surface area (Å²) in [5.41, 5.74) is -0.0204. The van der Waals surface area contributed by atoms with Crippen molar-refractivity contribution in [3.8, 4) is 5.75 Å². The van der Waals surface area contributed by atoms with Crippen molar-refractivity contribution in [3.63, 3.8) is 0 Å². The normalized spacial score (nSPS) is 11.3. The van der Waals surface area contributed by atoms with Crippen LogP contribution in [0.3, 0.4) is 0 Å². The van der Waals surface area contributed by atoms with E-state index in [1.165, 1.54) is 19.2 Å². The van der Waals surface area contributed by atoms with Crippen molar-refractivity contribution in [2.45, 2.75) is 26.4 Å². The Kier molecular flexibility index (Phi) is 5.91. The second-order valence-electron chi connectivity index (χ2n) is 5.47. The molecule has 7 heteroatoms. The van der Waals surface area contributed by atoms with Gasteiger partial charge in [0.05, 0.1) is 12.0 Å². The summed E-state index contributed by atoms with van der Waals surface area (Å²) >= 11 is 0. The predicted octanol–water partition coefficient (Wildman–Crippen LogP) is 3.14. The number of nitro benzene ring substituents is 1. The second-order valence-corrected chi connectivity index (χ2v) is 5.47. The monoisotopic (exact) mass is 308 g/mol. The molecule has 1 aromatic rings. The standard InChI is InChI=1S/C15H20N2O5/c1-15(2,3)22-14(18)16-9-5-6-11-7-8-13(21-4)12(10-11)17(19)20/h5-8,10H,9H2,1-4H3,(H,16,18). The number of amides is 1. The van der Waals surface area contributed by atoms with E-state index in [0.29, 0.717) is 5.56 Å². The first-order chi connectivity index (χ1) is 10.2. The maximum Gasteiger partial charge on any atom is 0.407 e. The van der Waals surface area contributed by atoms with Crippen LogP contribution in [0.5, 0.6) is 5.75 Å². The third-order valence-corrected chi connectivity index (χ3v) is 2.47. The van der Waals surface area contributed by atoms with Gasteiger partial charge in [-0.15, -0.1) is 0 Å². The Hall–Kier alpha value is -2.57. The third-order valence-electron chi connectivity index (χ3n) is 2.47. The average Bonchev–Trinajstić information content (AvgIpc) is 2.41. The minimum atomic E-state index is -0.551. The maximum absolute atomic E-state index is 11.4. The Bertz CT molecular complexity index is 576. The van der Waals surface area contributed by atoms with Gasteiger partial charge in [0.15, 0.2) is 5.75 Å². The highest BCUT2D eigenvalue weighted by molar-refractivity contribution is 5.68. The Morgan fingerprint density at radius 1 is 1.41 bits per heavy atom. The van der Waals surface area contributed by atoms with Crippen LogP contribution >= 0.6 is 0 Å². The molecule has 1 aromatic carbocycles. The van der Waals surface area contributed by atoms with Gasteiger partial charge in [-0.05, 0) is 32.4 Å². The van der Waals surface area contributed by atoms with Crippen molar-refractivity contribution in [2.24, 2.45) is 0 Å². The number of ether oxygens (including phenoxy) is 2. The molecule has 0 spiro atoms. The number of nitrogens with one attached hydrogen (secondary N) is 1. The summed E-state index contributed by atoms with van der Waals surface area (Å²) < 4.78 is 10.0. The smallest absolute Gasteiger partial charge is 0.407 e. The minimum Gasteiger partial charge on any atom is -0.490 e. The number of alkyl carbamates (subject to hydrolysis) is 1. The van der Waals surface area contributed by atoms with Crippen LogP contribution in [0.2, 0.25) is 0 Å². The zero-order chi connectivity index (χ0) is 16.8. The van der Waals surface area contributed by atoms with Crippen molar-refractivity contribution in [1.29, 1.82) is 0 Å². The fraction of sp³-hybridized carbons (Fsp3) is 0.400. The van der Waals surface area contributed by atoms with Gasteiger partial charge >= 0.3 is 11.8 Å². The summed E-state index contributed by atoms with van der Waals surface area (Å²) in [5.74, 6) is 0.203. The van der Waals surface area contributed by atoms with Gasteiger partial charge in [0.2, 0.25) is 0 Å². The summed E-state index contributed by atoms with van der Waals surface area (Å²) in [5, 5.41) is 13.5. The van der Waals surface area contributed by atoms with Gasteiger partial charge in [-0.3, -0.25) is 10.1 Å². The van der Waals surface area contributed by atoms with Gasteiger partial charge in [0, 0.05) is 12.6 Å². The molecule has 0 bridgehead atoms. The number of nitrogens with zero attached hydrogens (tertiary/aromatic N) is 1. The van der Waals surface area contributed by atoms with Gasteiger partial charge < -0.3 is 14.8 Å². The Morgan fingerprint density at radius 2 is 2.09 bits per heavy atom. The number of rotatable bonds is 5. The molecule has 0 fully saturated rings. The van der Waals surface area contributed by atoms with Gasteiger partial charge in [-0.25, -0.2) is 4.79 Å². The molecule has 22 heavy (non-hydrogen) atoms. The Balaban J connectivity index is 2.62. The lowest BCUT2D eigenvalue weighted by atomic mass is 10.1. The lowest BCUT2D eigenvalue weighted by Gasteiger charge is -2.19. The van der Waals surface area contributed by atoms with Crippen molar-refractivity contribution >= 4 is 17.9 Å². The lowest BCUT2D eigenvalue weighted by molar-refractivity contribution is -0.385. The number of carbonyl (C=O) groups is 1. The van der Waals surface area contributed by atoms with Crippen LogP contribution in [0.15, 0.2) is 24.3 Å². The van der Waals surface area contributed by atoms with Crippen molar-refractivity contribution < 1.29 is 19.2 Å². The van der Waals surface area contributed by atoms with Gasteiger partial charge in [-0.2, -0.15) is 0 Å². The summed E-state index contributed by atoms with van der Waals surface area (Å²) in [6.07, 6.45) is 2.83. The second kappa shape index (κ2) is 7.44. The van der Waals surface area contributed by atoms with Crippen LogP contribution < -0.4 is 10.1 Å². The van der Waals surface area contributed by atoms with Crippen LogP contribution in [-0.2, 0) is 4.74 Å². The van der Waals surface area contributed by atoms with Crippen molar-refractivity contribution in [3.05, 3.63) is 40.0 Å². The molecule has 0 atom stereocenters. The van der Waals surface area contributed by atoms with Crippen molar-refractivity contribution in [2.75, 3.05) is 13.7 Å². The SMILES string of the molecule is COc1ccc(C=CCNC(=O)OC(C)(C)C)cc1[N+](=O)[O-]. The summed E-state index contributed by atoms with van der Waals surface area (Å²) in [4.78, 5) is 21.8. The molecule has 0 unspecified atom stereocenters. The fourth-order valence-electron chi connectivity index (χ4n) is 1.60. The number of benzene rings is 1. The molecular weight excluding hydrogens is 288 g/mol. The summed E-state index contributed by atoms with van der Waals surface area (Å²) in [7, 11) is 1.38. The number of hydrogen-bond donors (Lipinski definition) is 1. The molecule has 0 saturated heterocycles. The predicted molar refractivity (Wildman–Crippen MR) is 82.9 cm³/mol. The van der Waals surface area contributed by atoms with Crippen molar-refractivity contribution in [1.82, 2.24) is 5.32 Å². The molecule has 1 rings (SSSR count). The molecule has 0 radical (unpaired) electrons. The first kappa shape index (κ1) is 17.5. The zero-order valence-corrected chi connectivity index (χ0v) is 13.1. The van der Waals surface area contributed by atoms with E-state index >= 15 is 0 Å². The van der Waals surface area contributed by atoms with Crippen LogP contribution in [-0.4, -0.2) is 30.3 Å². The molecule has 0 aliphatic carbocycles. The highest BCUT2D eigenvalue weighted by atomic mass is 16.6. The lowest BCUT2D eigenvalue weighted by Crippen LogP contribution is -2.32. The summed E-state index contributed by atoms with van der Waals surface area (Å²) in [6, 6.07) is 4.62. The number of nitro groups is 1. The van der Waals surface area contributed by atoms with E-state index in [1.807, 2.05) is 0 Å². The van der Waals surface area contributed by atoms with Crippen LogP contribution in [0, 0.1) is 10.1 Å². The quantitative estimate of drug-likeness (QED) is 0.666. The largest absolute Gasteiger partial charge is 0.490 e. The van der Waals surface area contributed by atoms with E-state index in [4.69, 9.17) is 9.47 Å². The van der Waals surface area contributed by atoms with E-state index < -0.39 is 16.6 Å². The Labute approximate surface area is 129 Å². The Morgan fingerprint density at radius 3 is 2.64 bits per heavy atom. The molecule has 1 amide bonds. The molecule has 1 N–H and O–H groups in total. The first-order valence-corrected chi connectivity index (χ1v) is 6.69. The number of carbonyl (C=O) groups excluding carboxylic acids is 1. The van der Waals surface area contributed by atoms with E-state index in [-0.39, 0.29) is 18.0 Å². The molecule has 120 valence electrons. The van der Waals surface area contributed by atoms with Crippen LogP contribution in [0.1, 0.15) is 26.3 Å². The molecule has 7 nitrogen and oxygen atoms in total. The number of hydrogen-bond acceptors (Lipinski definition) is 5. The zero-order valence-electron chi connectivity index (χ0n) is 13.1.